The summed E-state index contributed by atoms with van der Waals surface area (Å²) in [6.45, 7) is -0.336. The summed E-state index contributed by atoms with van der Waals surface area (Å²) in [7, 11) is -4.01. The second-order valence-corrected chi connectivity index (χ2v) is 10.7. The minimum absolute atomic E-state index is 0.156. The predicted molar refractivity (Wildman–Crippen MR) is 138 cm³/mol. The number of nitrogen functional groups attached to an aromatic ring is 1. The molecule has 1 fully saturated rings. The first-order valence-corrected chi connectivity index (χ1v) is 14.0. The van der Waals surface area contributed by atoms with E-state index in [4.69, 9.17) is 29.5 Å². The van der Waals surface area contributed by atoms with E-state index >= 15 is 0 Å². The number of carbonyl (C=O) groups is 1. The second-order valence-electron chi connectivity index (χ2n) is 8.91. The van der Waals surface area contributed by atoms with Crippen LogP contribution in [-0.2, 0) is 29.8 Å². The second kappa shape index (κ2) is 13.3. The largest absolute Gasteiger partial charge is 0.464 e. The molecular weight excluding hydrogens is 511 g/mol. The van der Waals surface area contributed by atoms with Crippen LogP contribution in [0.3, 0.4) is 0 Å². The summed E-state index contributed by atoms with van der Waals surface area (Å²) >= 11 is 0. The molecule has 0 amide bonds. The van der Waals surface area contributed by atoms with E-state index in [2.05, 4.69) is 15.2 Å². The molecule has 0 radical (unpaired) electrons. The lowest BCUT2D eigenvalue weighted by atomic mass is 9.86. The van der Waals surface area contributed by atoms with Crippen LogP contribution in [-0.4, -0.2) is 53.0 Å². The molecule has 12 nitrogen and oxygen atoms in total. The van der Waals surface area contributed by atoms with Crippen LogP contribution < -0.4 is 15.3 Å². The summed E-state index contributed by atoms with van der Waals surface area (Å²) in [6, 6.07) is 14.1. The number of hydrogen-bond acceptors (Lipinski definition) is 10. The van der Waals surface area contributed by atoms with E-state index < -0.39 is 19.8 Å². The normalized spacial score (nSPS) is 15.8. The third-order valence-corrected chi connectivity index (χ3v) is 7.67. The molecule has 4 rings (SSSR count). The number of hydrogen-bond donors (Lipinski definition) is 2. The number of fused-ring (bicyclic) bond motifs is 1. The summed E-state index contributed by atoms with van der Waals surface area (Å²) in [5, 5.41) is 15.9. The lowest BCUT2D eigenvalue weighted by molar-refractivity contribution is -0.144. The van der Waals surface area contributed by atoms with E-state index in [1.54, 1.807) is 34.8 Å². The Morgan fingerprint density at radius 1 is 1.26 bits per heavy atom. The SMILES string of the molecule is N#CCOC(CCc1ccc2c(N)ncnn12)COP(=O)(NCC(=O)OCC1CCC1)Oc1ccccc1. The highest BCUT2D eigenvalue weighted by atomic mass is 31.2. The van der Waals surface area contributed by atoms with Crippen molar-refractivity contribution < 1.29 is 27.9 Å². The minimum Gasteiger partial charge on any atom is -0.464 e. The number of para-hydroxylation sites is 1. The molecule has 0 spiro atoms. The predicted octanol–water partition coefficient (Wildman–Crippen LogP) is 3.29. The van der Waals surface area contributed by atoms with E-state index in [9.17, 15) is 9.36 Å². The quantitative estimate of drug-likeness (QED) is 0.214. The molecule has 0 aliphatic heterocycles. The van der Waals surface area contributed by atoms with Gasteiger partial charge >= 0.3 is 13.7 Å². The third kappa shape index (κ3) is 7.76. The number of aryl methyl sites for hydroxylation is 1. The van der Waals surface area contributed by atoms with Crippen LogP contribution in [0.15, 0.2) is 48.8 Å². The Bertz CT molecular complexity index is 1290. The average Bonchev–Trinajstić information content (AvgIpc) is 3.31. The van der Waals surface area contributed by atoms with Crippen molar-refractivity contribution in [1.82, 2.24) is 19.7 Å². The molecule has 2 aromatic heterocycles. The summed E-state index contributed by atoms with van der Waals surface area (Å²) in [6.07, 6.45) is 4.94. The summed E-state index contributed by atoms with van der Waals surface area (Å²) in [4.78, 5) is 16.2. The number of esters is 1. The van der Waals surface area contributed by atoms with Gasteiger partial charge < -0.3 is 19.7 Å². The van der Waals surface area contributed by atoms with Crippen LogP contribution in [0.5, 0.6) is 5.75 Å². The summed E-state index contributed by atoms with van der Waals surface area (Å²) < 4.78 is 37.5. The number of nitrogens with zero attached hydrogens (tertiary/aromatic N) is 4. The standard InChI is InChI=1S/C25H31N6O6P/c26-13-14-34-22(11-9-20-10-12-23-25(27)28-18-29-31(20)23)17-36-38(33,37-21-7-2-1-3-8-21)30-15-24(32)35-16-19-5-4-6-19/h1-3,7-8,10,12,18-19,22H,4-6,9,11,14-17H2,(H,30,33)(H2,27,28,29). The molecule has 3 aromatic rings. The van der Waals surface area contributed by atoms with E-state index in [1.807, 2.05) is 18.2 Å². The van der Waals surface area contributed by atoms with Gasteiger partial charge in [-0.2, -0.15) is 10.4 Å². The number of rotatable bonds is 15. The number of anilines is 1. The first-order chi connectivity index (χ1) is 18.5. The van der Waals surface area contributed by atoms with Crippen LogP contribution in [0.2, 0.25) is 0 Å². The molecule has 1 aliphatic carbocycles. The molecule has 2 unspecified atom stereocenters. The van der Waals surface area contributed by atoms with Gasteiger partial charge in [0.1, 0.15) is 30.7 Å². The van der Waals surface area contributed by atoms with Crippen molar-refractivity contribution in [3.8, 4) is 11.8 Å². The number of nitrogens with one attached hydrogen (secondary N) is 1. The fraction of sp³-hybridized carbons (Fsp3) is 0.440. The van der Waals surface area contributed by atoms with Crippen molar-refractivity contribution in [2.24, 2.45) is 5.92 Å². The van der Waals surface area contributed by atoms with Crippen molar-refractivity contribution in [2.45, 2.75) is 38.2 Å². The van der Waals surface area contributed by atoms with Crippen molar-refractivity contribution >= 4 is 25.1 Å². The molecule has 2 atom stereocenters. The number of nitrogens with two attached hydrogens (primary N) is 1. The van der Waals surface area contributed by atoms with Gasteiger partial charge in [-0.15, -0.1) is 0 Å². The molecule has 3 N–H and O–H groups in total. The zero-order valence-electron chi connectivity index (χ0n) is 20.9. The molecule has 1 aromatic carbocycles. The topological polar surface area (TPSA) is 163 Å². The molecule has 202 valence electrons. The van der Waals surface area contributed by atoms with Crippen LogP contribution in [0.25, 0.3) is 5.52 Å². The molecule has 1 aliphatic rings. The summed E-state index contributed by atoms with van der Waals surface area (Å²) in [5.41, 5.74) is 7.45. The smallest absolute Gasteiger partial charge is 0.459 e. The molecule has 38 heavy (non-hydrogen) atoms. The fourth-order valence-electron chi connectivity index (χ4n) is 3.86. The van der Waals surface area contributed by atoms with Gasteiger partial charge in [0.2, 0.25) is 0 Å². The zero-order chi connectivity index (χ0) is 26.8. The highest BCUT2D eigenvalue weighted by molar-refractivity contribution is 7.52. The lowest BCUT2D eigenvalue weighted by Crippen LogP contribution is -2.29. The van der Waals surface area contributed by atoms with Gasteiger partial charge in [0.25, 0.3) is 0 Å². The number of ether oxygens (including phenoxy) is 2. The maximum Gasteiger partial charge on any atom is 0.459 e. The Kier molecular flexibility index (Phi) is 9.67. The maximum atomic E-state index is 13.6. The number of nitriles is 1. The van der Waals surface area contributed by atoms with Crippen LogP contribution in [0.4, 0.5) is 5.82 Å². The molecular formula is C25H31N6O6P. The van der Waals surface area contributed by atoms with Gasteiger partial charge in [0, 0.05) is 5.69 Å². The molecule has 0 saturated heterocycles. The lowest BCUT2D eigenvalue weighted by Gasteiger charge is -2.25. The van der Waals surface area contributed by atoms with Gasteiger partial charge in [-0.25, -0.2) is 19.2 Å². The highest BCUT2D eigenvalue weighted by Gasteiger charge is 2.30. The molecule has 0 bridgehead atoms. The Balaban J connectivity index is 1.38. The Labute approximate surface area is 220 Å². The first kappa shape index (κ1) is 27.5. The average molecular weight is 543 g/mol. The fourth-order valence-corrected chi connectivity index (χ4v) is 5.16. The van der Waals surface area contributed by atoms with E-state index in [1.165, 1.54) is 6.33 Å². The van der Waals surface area contributed by atoms with E-state index in [0.717, 1.165) is 25.0 Å². The van der Waals surface area contributed by atoms with Crippen LogP contribution in [0, 0.1) is 17.2 Å². The third-order valence-electron chi connectivity index (χ3n) is 6.19. The Morgan fingerprint density at radius 2 is 2.08 bits per heavy atom. The Morgan fingerprint density at radius 3 is 2.82 bits per heavy atom. The minimum atomic E-state index is -4.01. The monoisotopic (exact) mass is 542 g/mol. The number of carbonyl (C=O) groups excluding carboxylic acids is 1. The van der Waals surface area contributed by atoms with Crippen molar-refractivity contribution in [2.75, 3.05) is 32.1 Å². The van der Waals surface area contributed by atoms with Crippen LogP contribution in [0.1, 0.15) is 31.4 Å². The van der Waals surface area contributed by atoms with Crippen molar-refractivity contribution in [1.29, 1.82) is 5.26 Å². The van der Waals surface area contributed by atoms with Crippen molar-refractivity contribution in [3.05, 3.63) is 54.5 Å². The summed E-state index contributed by atoms with van der Waals surface area (Å²) in [5.74, 6) is 0.512. The molecule has 1 saturated carbocycles. The van der Waals surface area contributed by atoms with Gasteiger partial charge in [-0.1, -0.05) is 24.6 Å². The van der Waals surface area contributed by atoms with Gasteiger partial charge in [-0.3, -0.25) is 9.32 Å². The van der Waals surface area contributed by atoms with Crippen molar-refractivity contribution in [3.63, 3.8) is 0 Å². The number of benzene rings is 1. The van der Waals surface area contributed by atoms with E-state index in [0.29, 0.717) is 42.5 Å². The van der Waals surface area contributed by atoms with Gasteiger partial charge in [0.15, 0.2) is 5.82 Å². The van der Waals surface area contributed by atoms with Gasteiger partial charge in [0.05, 0.1) is 25.4 Å². The van der Waals surface area contributed by atoms with Gasteiger partial charge in [-0.05, 0) is 55.9 Å². The molecule has 2 heterocycles. The van der Waals surface area contributed by atoms with E-state index in [-0.39, 0.29) is 19.8 Å². The van der Waals surface area contributed by atoms with Crippen LogP contribution >= 0.6 is 7.75 Å². The molecule has 13 heteroatoms. The first-order valence-electron chi connectivity index (χ1n) is 12.4. The number of aromatic nitrogens is 3. The highest BCUT2D eigenvalue weighted by Crippen LogP contribution is 2.44. The maximum absolute atomic E-state index is 13.6. The Hall–Kier alpha value is -3.49. The zero-order valence-corrected chi connectivity index (χ0v) is 21.8.